The smallest absolute Gasteiger partial charge is 0.317 e. The van der Waals surface area contributed by atoms with Gasteiger partial charge in [-0.05, 0) is 67.2 Å². The number of carboxylic acids is 6. The summed E-state index contributed by atoms with van der Waals surface area (Å²) >= 11 is 0. The summed E-state index contributed by atoms with van der Waals surface area (Å²) in [7, 11) is 0. The van der Waals surface area contributed by atoms with Gasteiger partial charge in [0, 0.05) is 97.0 Å². The van der Waals surface area contributed by atoms with Crippen molar-refractivity contribution in [1.29, 1.82) is 0 Å². The van der Waals surface area contributed by atoms with Crippen molar-refractivity contribution < 1.29 is 78.6 Å². The van der Waals surface area contributed by atoms with Crippen LogP contribution in [0.4, 0.5) is 0 Å². The number of Topliss-reactive ketones (excluding diaryl/α,β-unsaturated/α-hetero) is 1. The molecule has 74 heavy (non-hydrogen) atoms. The van der Waals surface area contributed by atoms with Gasteiger partial charge in [0.05, 0.1) is 38.0 Å². The van der Waals surface area contributed by atoms with Gasteiger partial charge in [0.2, 0.25) is 17.7 Å². The van der Waals surface area contributed by atoms with Crippen molar-refractivity contribution in [2.24, 2.45) is 23.7 Å². The van der Waals surface area contributed by atoms with Crippen molar-refractivity contribution in [3.05, 3.63) is 48.0 Å². The predicted molar refractivity (Wildman–Crippen MR) is 267 cm³/mol. The summed E-state index contributed by atoms with van der Waals surface area (Å²) in [4.78, 5) is 130. The molecule has 2 aromatic rings. The van der Waals surface area contributed by atoms with Crippen LogP contribution in [0.15, 0.2) is 42.5 Å². The minimum atomic E-state index is -1.32. The maximum absolute atomic E-state index is 14.1. The predicted octanol–water partition coefficient (Wildman–Crippen LogP) is 1.17. The van der Waals surface area contributed by atoms with E-state index in [1.165, 1.54) is 0 Å². The monoisotopic (exact) mass is 1040 g/mol. The average Bonchev–Trinajstić information content (AvgIpc) is 3.33. The average molecular weight is 1040 g/mol. The number of ketones is 1. The largest absolute Gasteiger partial charge is 0.481 e. The van der Waals surface area contributed by atoms with Crippen LogP contribution in [0.3, 0.4) is 0 Å². The van der Waals surface area contributed by atoms with Crippen LogP contribution in [-0.2, 0) is 54.4 Å². The second-order valence-corrected chi connectivity index (χ2v) is 19.5. The van der Waals surface area contributed by atoms with E-state index < -0.39 is 84.1 Å². The molecule has 2 aromatic carbocycles. The summed E-state index contributed by atoms with van der Waals surface area (Å²) in [5.74, 6) is -11.0. The van der Waals surface area contributed by atoms with E-state index in [0.29, 0.717) is 45.1 Å². The van der Waals surface area contributed by atoms with E-state index in [0.717, 1.165) is 16.3 Å². The third-order valence-corrected chi connectivity index (χ3v) is 13.7. The van der Waals surface area contributed by atoms with Gasteiger partial charge in [0.15, 0.2) is 0 Å². The molecule has 3 atom stereocenters. The van der Waals surface area contributed by atoms with Gasteiger partial charge in [0.1, 0.15) is 11.8 Å². The maximum Gasteiger partial charge on any atom is 0.317 e. The Labute approximate surface area is 429 Å². The van der Waals surface area contributed by atoms with Gasteiger partial charge < -0.3 is 46.6 Å². The molecule has 0 aromatic heterocycles. The maximum atomic E-state index is 14.1. The molecule has 3 amide bonds. The molecule has 23 heteroatoms. The molecule has 1 unspecified atom stereocenters. The molecule has 1 saturated heterocycles. The van der Waals surface area contributed by atoms with Crippen LogP contribution in [0.2, 0.25) is 0 Å². The van der Waals surface area contributed by atoms with Crippen LogP contribution >= 0.6 is 0 Å². The molecule has 0 bridgehead atoms. The summed E-state index contributed by atoms with van der Waals surface area (Å²) < 4.78 is 0. The first kappa shape index (κ1) is 60.0. The molecule has 1 saturated carbocycles. The van der Waals surface area contributed by atoms with Crippen molar-refractivity contribution in [2.45, 2.75) is 83.1 Å². The van der Waals surface area contributed by atoms with Crippen LogP contribution in [0.5, 0.6) is 0 Å². The van der Waals surface area contributed by atoms with Crippen molar-refractivity contribution in [1.82, 2.24) is 35.6 Å². The highest BCUT2D eigenvalue weighted by Crippen LogP contribution is 2.29. The number of benzene rings is 2. The number of rotatable bonds is 29. The molecule has 408 valence electrons. The first-order valence-corrected chi connectivity index (χ1v) is 25.3. The Morgan fingerprint density at radius 1 is 0.554 bits per heavy atom. The first-order chi connectivity index (χ1) is 35.2. The fourth-order valence-corrected chi connectivity index (χ4v) is 9.46. The highest BCUT2D eigenvalue weighted by Gasteiger charge is 2.30. The molecule has 2 aliphatic rings. The van der Waals surface area contributed by atoms with Crippen LogP contribution < -0.4 is 16.0 Å². The van der Waals surface area contributed by atoms with Crippen molar-refractivity contribution in [3.8, 4) is 0 Å². The minimum Gasteiger partial charge on any atom is -0.481 e. The molecular formula is C51H73N7O16. The number of nitrogens with one attached hydrogen (secondary N) is 3. The molecule has 4 rings (SSSR count). The van der Waals surface area contributed by atoms with E-state index >= 15 is 0 Å². The molecule has 23 nitrogen and oxygen atoms in total. The molecule has 1 heterocycles. The zero-order valence-electron chi connectivity index (χ0n) is 41.9. The number of hydrogen-bond acceptors (Lipinski definition) is 14. The van der Waals surface area contributed by atoms with Crippen LogP contribution in [0, 0.1) is 23.7 Å². The summed E-state index contributed by atoms with van der Waals surface area (Å²) in [6.07, 6.45) is 2.07. The Kier molecular flexibility index (Phi) is 25.3. The number of carbonyl (C=O) groups is 10. The third kappa shape index (κ3) is 22.7. The van der Waals surface area contributed by atoms with Gasteiger partial charge in [-0.1, -0.05) is 48.9 Å². The normalized spacial score (nSPS) is 18.9. The fourth-order valence-electron chi connectivity index (χ4n) is 9.46. The Hall–Kier alpha value is -6.56. The highest BCUT2D eigenvalue weighted by molar-refractivity contribution is 5.89. The van der Waals surface area contributed by atoms with Gasteiger partial charge in [0.25, 0.3) is 0 Å². The molecule has 1 aliphatic carbocycles. The number of hydrogen-bond donors (Lipinski definition) is 9. The lowest BCUT2D eigenvalue weighted by molar-refractivity contribution is -0.146. The Bertz CT molecular complexity index is 2220. The van der Waals surface area contributed by atoms with Crippen LogP contribution in [-0.4, -0.2) is 207 Å². The van der Waals surface area contributed by atoms with Gasteiger partial charge in [-0.3, -0.25) is 67.5 Å². The number of carboxylic acid groups (broad SMARTS) is 6. The number of aliphatic carboxylic acids is 6. The SMILES string of the molecule is O=C(O)CC[C@H](CC(=O)C[C@@H](CCCCNC(=O)C1CCC(CNC(=O)C(Cc2ccc3ccccc3c2)NC(=O)CN2CCN(CC(=O)O)CCN(CC(=O)O)CCN(CC(=O)O)CC2)CC1)C(=O)O)C(=O)O. The summed E-state index contributed by atoms with van der Waals surface area (Å²) in [5.41, 5.74) is 0.807. The van der Waals surface area contributed by atoms with Crippen molar-refractivity contribution in [3.63, 3.8) is 0 Å². The summed E-state index contributed by atoms with van der Waals surface area (Å²) in [6.45, 7) is 1.23. The second kappa shape index (κ2) is 31.2. The highest BCUT2D eigenvalue weighted by atomic mass is 16.4. The molecule has 2 fully saturated rings. The first-order valence-electron chi connectivity index (χ1n) is 25.3. The topological polar surface area (TPSA) is 341 Å². The summed E-state index contributed by atoms with van der Waals surface area (Å²) in [6, 6.07) is 12.6. The molecular weight excluding hydrogens is 967 g/mol. The quantitative estimate of drug-likeness (QED) is 0.0516. The van der Waals surface area contributed by atoms with Crippen LogP contribution in [0.1, 0.15) is 76.2 Å². The molecule has 0 radical (unpaired) electrons. The lowest BCUT2D eigenvalue weighted by atomic mass is 9.81. The van der Waals surface area contributed by atoms with E-state index in [2.05, 4.69) is 16.0 Å². The van der Waals surface area contributed by atoms with E-state index in [1.807, 2.05) is 42.5 Å². The lowest BCUT2D eigenvalue weighted by Gasteiger charge is -2.33. The zero-order chi connectivity index (χ0) is 54.2. The van der Waals surface area contributed by atoms with E-state index in [4.69, 9.17) is 5.11 Å². The lowest BCUT2D eigenvalue weighted by Crippen LogP contribution is -2.53. The van der Waals surface area contributed by atoms with Crippen molar-refractivity contribution in [2.75, 3.05) is 91.6 Å². The Balaban J connectivity index is 1.31. The standard InChI is InChI=1S/C51H73N7O16/c59-41(28-40(51(73)74)14-15-44(61)62)27-39(50(71)72)7-3-4-16-52-48(69)37-12-8-34(9-13-37)29-53-49(70)42(26-35-10-11-36-5-1-2-6-38(36)25-35)54-43(60)30-55-17-19-56(31-45(63)64)21-23-58(33-47(67)68)24-22-57(20-18-55)32-46(65)66/h1-2,5-6,10-11,25,34,37,39-40,42H,3-4,7-9,12-24,26-33H2,(H,52,69)(H,53,70)(H,54,60)(H,61,62)(H,63,64)(H,65,66)(H,67,68)(H,71,72)(H,73,74)/t34?,37?,39-,40-,42?/m1/s1. The second-order valence-electron chi connectivity index (χ2n) is 19.5. The zero-order valence-corrected chi connectivity index (χ0v) is 41.9. The molecule has 9 N–H and O–H groups in total. The Morgan fingerprint density at radius 3 is 1.55 bits per heavy atom. The van der Waals surface area contributed by atoms with Crippen molar-refractivity contribution >= 4 is 70.1 Å². The molecule has 0 spiro atoms. The van der Waals surface area contributed by atoms with Gasteiger partial charge in [-0.15, -0.1) is 0 Å². The van der Waals surface area contributed by atoms with E-state index in [9.17, 15) is 73.5 Å². The molecule has 1 aliphatic heterocycles. The summed E-state index contributed by atoms with van der Waals surface area (Å²) in [5, 5.41) is 67.4. The van der Waals surface area contributed by atoms with Crippen LogP contribution in [0.25, 0.3) is 10.8 Å². The fraction of sp³-hybridized carbons (Fsp3) is 0.608. The Morgan fingerprint density at radius 2 is 1.05 bits per heavy atom. The number of fused-ring (bicyclic) bond motifs is 1. The van der Waals surface area contributed by atoms with Gasteiger partial charge in [-0.25, -0.2) is 0 Å². The third-order valence-electron chi connectivity index (χ3n) is 13.7. The number of carbonyl (C=O) groups excluding carboxylic acids is 4. The number of amides is 3. The number of unbranched alkanes of at least 4 members (excludes halogenated alkanes) is 1. The van der Waals surface area contributed by atoms with Gasteiger partial charge >= 0.3 is 35.8 Å². The van der Waals surface area contributed by atoms with E-state index in [-0.39, 0.29) is 129 Å². The minimum absolute atomic E-state index is 0.0552. The van der Waals surface area contributed by atoms with E-state index in [1.54, 1.807) is 19.6 Å². The van der Waals surface area contributed by atoms with Gasteiger partial charge in [-0.2, -0.15) is 0 Å². The number of nitrogens with zero attached hydrogens (tertiary/aromatic N) is 4.